The normalized spacial score (nSPS) is 11.1. The lowest BCUT2D eigenvalue weighted by atomic mass is 10.1. The SMILES string of the molecule is Cc1ccccc1CNc1cncc(C(=O)Nc2ccc(C(F)(F)F)cc2)c1. The summed E-state index contributed by atoms with van der Waals surface area (Å²) in [5, 5.41) is 5.79. The molecule has 0 spiro atoms. The third kappa shape index (κ3) is 4.88. The zero-order valence-electron chi connectivity index (χ0n) is 15.0. The molecule has 0 aliphatic rings. The number of rotatable bonds is 5. The third-order valence-corrected chi connectivity index (χ3v) is 4.21. The van der Waals surface area contributed by atoms with Crippen LogP contribution in [0.5, 0.6) is 0 Å². The highest BCUT2D eigenvalue weighted by Crippen LogP contribution is 2.29. The number of alkyl halides is 3. The molecule has 0 atom stereocenters. The number of aryl methyl sites for hydroxylation is 1. The van der Waals surface area contributed by atoms with Gasteiger partial charge in [0.1, 0.15) is 0 Å². The lowest BCUT2D eigenvalue weighted by Crippen LogP contribution is -2.13. The Hall–Kier alpha value is -3.35. The monoisotopic (exact) mass is 385 g/mol. The summed E-state index contributed by atoms with van der Waals surface area (Å²) in [6.07, 6.45) is -1.41. The molecule has 0 radical (unpaired) electrons. The van der Waals surface area contributed by atoms with Gasteiger partial charge in [0.25, 0.3) is 5.91 Å². The lowest BCUT2D eigenvalue weighted by molar-refractivity contribution is -0.137. The van der Waals surface area contributed by atoms with Gasteiger partial charge in [0.2, 0.25) is 0 Å². The van der Waals surface area contributed by atoms with Gasteiger partial charge in [-0.05, 0) is 48.4 Å². The summed E-state index contributed by atoms with van der Waals surface area (Å²) in [7, 11) is 0. The van der Waals surface area contributed by atoms with Crippen LogP contribution in [0.15, 0.2) is 67.0 Å². The summed E-state index contributed by atoms with van der Waals surface area (Å²) in [6.45, 7) is 2.60. The molecule has 2 N–H and O–H groups in total. The molecule has 4 nitrogen and oxygen atoms in total. The van der Waals surface area contributed by atoms with E-state index in [4.69, 9.17) is 0 Å². The van der Waals surface area contributed by atoms with Crippen LogP contribution in [0.1, 0.15) is 27.0 Å². The van der Waals surface area contributed by atoms with Crippen molar-refractivity contribution in [3.05, 3.63) is 89.2 Å². The van der Waals surface area contributed by atoms with Crippen LogP contribution in [-0.2, 0) is 12.7 Å². The molecule has 144 valence electrons. The van der Waals surface area contributed by atoms with Crippen LogP contribution in [0.2, 0.25) is 0 Å². The summed E-state index contributed by atoms with van der Waals surface area (Å²) >= 11 is 0. The smallest absolute Gasteiger partial charge is 0.380 e. The van der Waals surface area contributed by atoms with Crippen LogP contribution >= 0.6 is 0 Å². The van der Waals surface area contributed by atoms with Crippen LogP contribution in [-0.4, -0.2) is 10.9 Å². The third-order valence-electron chi connectivity index (χ3n) is 4.21. The average molecular weight is 385 g/mol. The molecule has 0 bridgehead atoms. The van der Waals surface area contributed by atoms with E-state index in [-0.39, 0.29) is 5.69 Å². The minimum absolute atomic E-state index is 0.274. The number of nitrogens with zero attached hydrogens (tertiary/aromatic N) is 1. The van der Waals surface area contributed by atoms with Gasteiger partial charge in [-0.15, -0.1) is 0 Å². The maximum Gasteiger partial charge on any atom is 0.416 e. The van der Waals surface area contributed by atoms with E-state index in [2.05, 4.69) is 15.6 Å². The van der Waals surface area contributed by atoms with E-state index in [0.717, 1.165) is 23.3 Å². The number of hydrogen-bond donors (Lipinski definition) is 2. The molecule has 1 heterocycles. The minimum atomic E-state index is -4.41. The summed E-state index contributed by atoms with van der Waals surface area (Å²) < 4.78 is 37.8. The maximum absolute atomic E-state index is 12.6. The highest BCUT2D eigenvalue weighted by atomic mass is 19.4. The Labute approximate surface area is 160 Å². The number of hydrogen-bond acceptors (Lipinski definition) is 3. The topological polar surface area (TPSA) is 54.0 Å². The largest absolute Gasteiger partial charge is 0.416 e. The van der Waals surface area contributed by atoms with Crippen molar-refractivity contribution in [2.75, 3.05) is 10.6 Å². The molecule has 3 rings (SSSR count). The summed E-state index contributed by atoms with van der Waals surface area (Å²) in [5.41, 5.74) is 2.75. The van der Waals surface area contributed by atoms with Crippen LogP contribution < -0.4 is 10.6 Å². The van der Waals surface area contributed by atoms with E-state index in [1.165, 1.54) is 18.3 Å². The van der Waals surface area contributed by atoms with Crippen molar-refractivity contribution >= 4 is 17.3 Å². The summed E-state index contributed by atoms with van der Waals surface area (Å²) in [4.78, 5) is 16.4. The molecule has 0 saturated heterocycles. The van der Waals surface area contributed by atoms with E-state index in [1.54, 1.807) is 12.3 Å². The number of carbonyl (C=O) groups is 1. The number of aromatic nitrogens is 1. The Morgan fingerprint density at radius 1 is 1.00 bits per heavy atom. The standard InChI is InChI=1S/C21H18F3N3O/c1-14-4-2-3-5-15(14)12-26-19-10-16(11-25-13-19)20(28)27-18-8-6-17(7-9-18)21(22,23)24/h2-11,13,26H,12H2,1H3,(H,27,28). The molecule has 1 amide bonds. The van der Waals surface area contributed by atoms with Crippen molar-refractivity contribution < 1.29 is 18.0 Å². The second-order valence-electron chi connectivity index (χ2n) is 6.27. The van der Waals surface area contributed by atoms with Gasteiger partial charge in [-0.3, -0.25) is 9.78 Å². The predicted octanol–water partition coefficient (Wildman–Crippen LogP) is 5.27. The molecule has 0 aliphatic heterocycles. The van der Waals surface area contributed by atoms with Gasteiger partial charge in [0.15, 0.2) is 0 Å². The molecule has 0 fully saturated rings. The van der Waals surface area contributed by atoms with Crippen LogP contribution in [0.25, 0.3) is 0 Å². The number of halogens is 3. The van der Waals surface area contributed by atoms with Crippen molar-refractivity contribution in [1.82, 2.24) is 4.98 Å². The Morgan fingerprint density at radius 2 is 1.71 bits per heavy atom. The number of pyridine rings is 1. The summed E-state index contributed by atoms with van der Waals surface area (Å²) in [5.74, 6) is -0.452. The molecular weight excluding hydrogens is 367 g/mol. The maximum atomic E-state index is 12.6. The zero-order chi connectivity index (χ0) is 20.1. The van der Waals surface area contributed by atoms with E-state index >= 15 is 0 Å². The van der Waals surface area contributed by atoms with Gasteiger partial charge in [0, 0.05) is 24.6 Å². The Bertz CT molecular complexity index is 969. The molecule has 3 aromatic rings. The number of carbonyl (C=O) groups excluding carboxylic acids is 1. The van der Waals surface area contributed by atoms with Gasteiger partial charge < -0.3 is 10.6 Å². The number of amides is 1. The van der Waals surface area contributed by atoms with Crippen molar-refractivity contribution in [2.24, 2.45) is 0 Å². The van der Waals surface area contributed by atoms with Gasteiger partial charge in [-0.2, -0.15) is 13.2 Å². The van der Waals surface area contributed by atoms with Gasteiger partial charge >= 0.3 is 6.18 Å². The zero-order valence-corrected chi connectivity index (χ0v) is 15.0. The average Bonchev–Trinajstić information content (AvgIpc) is 2.67. The first-order valence-electron chi connectivity index (χ1n) is 8.55. The number of anilines is 2. The molecular formula is C21H18F3N3O. The van der Waals surface area contributed by atoms with E-state index in [9.17, 15) is 18.0 Å². The molecule has 7 heteroatoms. The van der Waals surface area contributed by atoms with Crippen molar-refractivity contribution in [3.63, 3.8) is 0 Å². The number of nitrogens with one attached hydrogen (secondary N) is 2. The summed E-state index contributed by atoms with van der Waals surface area (Å²) in [6, 6.07) is 13.9. The van der Waals surface area contributed by atoms with Crippen LogP contribution in [0.4, 0.5) is 24.5 Å². The Balaban J connectivity index is 1.66. The molecule has 0 unspecified atom stereocenters. The molecule has 0 aliphatic carbocycles. The highest BCUT2D eigenvalue weighted by Gasteiger charge is 2.30. The predicted molar refractivity (Wildman–Crippen MR) is 102 cm³/mol. The van der Waals surface area contributed by atoms with E-state index in [1.807, 2.05) is 31.2 Å². The first-order valence-corrected chi connectivity index (χ1v) is 8.55. The quantitative estimate of drug-likeness (QED) is 0.629. The second kappa shape index (κ2) is 8.12. The fourth-order valence-electron chi connectivity index (χ4n) is 2.61. The number of benzene rings is 2. The molecule has 2 aromatic carbocycles. The van der Waals surface area contributed by atoms with Gasteiger partial charge in [-0.25, -0.2) is 0 Å². The first kappa shape index (κ1) is 19.4. The highest BCUT2D eigenvalue weighted by molar-refractivity contribution is 6.04. The van der Waals surface area contributed by atoms with E-state index in [0.29, 0.717) is 17.8 Å². The van der Waals surface area contributed by atoms with Crippen LogP contribution in [0.3, 0.4) is 0 Å². The van der Waals surface area contributed by atoms with Gasteiger partial charge in [-0.1, -0.05) is 24.3 Å². The first-order chi connectivity index (χ1) is 13.3. The Kier molecular flexibility index (Phi) is 5.63. The molecule has 1 aromatic heterocycles. The fraction of sp³-hybridized carbons (Fsp3) is 0.143. The second-order valence-corrected chi connectivity index (χ2v) is 6.27. The van der Waals surface area contributed by atoms with Crippen molar-refractivity contribution in [1.29, 1.82) is 0 Å². The van der Waals surface area contributed by atoms with Crippen molar-refractivity contribution in [2.45, 2.75) is 19.6 Å². The lowest BCUT2D eigenvalue weighted by Gasteiger charge is -2.11. The molecule has 0 saturated carbocycles. The fourth-order valence-corrected chi connectivity index (χ4v) is 2.61. The molecule has 28 heavy (non-hydrogen) atoms. The Morgan fingerprint density at radius 3 is 2.39 bits per heavy atom. The minimum Gasteiger partial charge on any atom is -0.380 e. The van der Waals surface area contributed by atoms with Crippen molar-refractivity contribution in [3.8, 4) is 0 Å². The van der Waals surface area contributed by atoms with E-state index < -0.39 is 17.6 Å². The van der Waals surface area contributed by atoms with Gasteiger partial charge in [0.05, 0.1) is 16.8 Å². The van der Waals surface area contributed by atoms with Crippen LogP contribution in [0, 0.1) is 6.92 Å².